The van der Waals surface area contributed by atoms with Crippen LogP contribution in [-0.4, -0.2) is 47.6 Å². The number of rotatable bonds is 10. The fraction of sp³-hybridized carbons (Fsp3) is 0.200. The summed E-state index contributed by atoms with van der Waals surface area (Å²) in [6.07, 6.45) is 3.49. The van der Waals surface area contributed by atoms with Crippen LogP contribution in [0.25, 0.3) is 0 Å². The van der Waals surface area contributed by atoms with Crippen LogP contribution in [0.15, 0.2) is 81.6 Å². The molecule has 0 bridgehead atoms. The zero-order chi connectivity index (χ0) is 25.4. The fourth-order valence-electron chi connectivity index (χ4n) is 3.16. The molecule has 0 fully saturated rings. The number of aryl methyl sites for hydroxylation is 1. The molecule has 0 aromatic heterocycles. The normalized spacial score (nSPS) is 11.3. The number of nitrogens with zero attached hydrogens (tertiary/aromatic N) is 2. The highest BCUT2D eigenvalue weighted by Crippen LogP contribution is 2.32. The van der Waals surface area contributed by atoms with Gasteiger partial charge in [-0.3, -0.25) is 9.10 Å². The zero-order valence-corrected chi connectivity index (χ0v) is 21.5. The Balaban J connectivity index is 1.86. The number of benzene rings is 3. The predicted octanol–water partition coefficient (Wildman–Crippen LogP) is 4.08. The van der Waals surface area contributed by atoms with E-state index in [0.29, 0.717) is 11.4 Å². The maximum Gasteiger partial charge on any atom is 0.264 e. The second-order valence-corrected chi connectivity index (χ2v) is 10.2. The average molecular weight is 514 g/mol. The van der Waals surface area contributed by atoms with Crippen molar-refractivity contribution in [3.63, 3.8) is 0 Å². The van der Waals surface area contributed by atoms with Gasteiger partial charge in [-0.2, -0.15) is 5.10 Å². The highest BCUT2D eigenvalue weighted by atomic mass is 32.2. The number of ether oxygens (including phenoxy) is 2. The molecule has 1 N–H and O–H groups in total. The van der Waals surface area contributed by atoms with Crippen LogP contribution in [0.2, 0.25) is 0 Å². The van der Waals surface area contributed by atoms with Gasteiger partial charge >= 0.3 is 0 Å². The first-order chi connectivity index (χ1) is 16.8. The number of nitrogens with one attached hydrogen (secondary N) is 1. The number of anilines is 1. The second kappa shape index (κ2) is 11.8. The standard InChI is InChI=1S/C25H27N3O5S2/c1-18-5-9-20(10-6-18)28(35(30,31)22-13-14-23(32-2)24(15-22)33-3)17-25(29)27-26-16-19-7-11-21(34-4)12-8-19/h5-16H,17H2,1-4H3,(H,27,29)/b26-16-. The number of hydrogen-bond donors (Lipinski definition) is 1. The summed E-state index contributed by atoms with van der Waals surface area (Å²) >= 11 is 1.62. The van der Waals surface area contributed by atoms with E-state index in [1.54, 1.807) is 36.0 Å². The van der Waals surface area contributed by atoms with Gasteiger partial charge in [-0.25, -0.2) is 13.8 Å². The molecule has 0 spiro atoms. The average Bonchev–Trinajstić information content (AvgIpc) is 2.87. The van der Waals surface area contributed by atoms with Crippen molar-refractivity contribution in [1.82, 2.24) is 5.43 Å². The summed E-state index contributed by atoms with van der Waals surface area (Å²) in [5, 5.41) is 3.97. The summed E-state index contributed by atoms with van der Waals surface area (Å²) in [7, 11) is -1.23. The van der Waals surface area contributed by atoms with E-state index in [9.17, 15) is 13.2 Å². The molecule has 0 saturated carbocycles. The number of sulfonamides is 1. The largest absolute Gasteiger partial charge is 0.493 e. The smallest absolute Gasteiger partial charge is 0.264 e. The Hall–Kier alpha value is -3.50. The van der Waals surface area contributed by atoms with Crippen LogP contribution in [-0.2, 0) is 14.8 Å². The summed E-state index contributed by atoms with van der Waals surface area (Å²) in [4.78, 5) is 13.8. The highest BCUT2D eigenvalue weighted by molar-refractivity contribution is 7.98. The number of thioether (sulfide) groups is 1. The molecular formula is C25H27N3O5S2. The lowest BCUT2D eigenvalue weighted by atomic mass is 10.2. The van der Waals surface area contributed by atoms with E-state index in [1.165, 1.54) is 38.6 Å². The van der Waals surface area contributed by atoms with E-state index >= 15 is 0 Å². The van der Waals surface area contributed by atoms with Gasteiger partial charge in [-0.1, -0.05) is 29.8 Å². The molecule has 0 aliphatic heterocycles. The molecule has 3 aromatic carbocycles. The van der Waals surface area contributed by atoms with Crippen LogP contribution in [0.1, 0.15) is 11.1 Å². The molecule has 184 valence electrons. The highest BCUT2D eigenvalue weighted by Gasteiger charge is 2.28. The number of carbonyl (C=O) groups excluding carboxylic acids is 1. The van der Waals surface area contributed by atoms with Crippen LogP contribution in [0.3, 0.4) is 0 Å². The quantitative estimate of drug-likeness (QED) is 0.249. The Labute approximate surface area is 210 Å². The molecule has 0 radical (unpaired) electrons. The Morgan fingerprint density at radius 2 is 1.66 bits per heavy atom. The van der Waals surface area contributed by atoms with Crippen molar-refractivity contribution in [3.05, 3.63) is 77.9 Å². The van der Waals surface area contributed by atoms with Crippen LogP contribution >= 0.6 is 11.8 Å². The summed E-state index contributed by atoms with van der Waals surface area (Å²) in [5.74, 6) is 0.0663. The summed E-state index contributed by atoms with van der Waals surface area (Å²) in [6, 6.07) is 18.8. The minimum absolute atomic E-state index is 0.0408. The summed E-state index contributed by atoms with van der Waals surface area (Å²) in [5.41, 5.74) is 4.51. The Morgan fingerprint density at radius 1 is 1.00 bits per heavy atom. The van der Waals surface area contributed by atoms with Gasteiger partial charge < -0.3 is 9.47 Å². The van der Waals surface area contributed by atoms with E-state index in [0.717, 1.165) is 20.3 Å². The molecule has 8 nitrogen and oxygen atoms in total. The lowest BCUT2D eigenvalue weighted by Crippen LogP contribution is -2.39. The molecular weight excluding hydrogens is 486 g/mol. The number of amides is 1. The van der Waals surface area contributed by atoms with Gasteiger partial charge in [-0.05, 0) is 55.1 Å². The first-order valence-electron chi connectivity index (χ1n) is 10.6. The van der Waals surface area contributed by atoms with E-state index < -0.39 is 22.5 Å². The zero-order valence-electron chi connectivity index (χ0n) is 19.9. The van der Waals surface area contributed by atoms with E-state index in [4.69, 9.17) is 9.47 Å². The second-order valence-electron chi connectivity index (χ2n) is 7.43. The maximum atomic E-state index is 13.6. The molecule has 3 aromatic rings. The number of hydrogen-bond acceptors (Lipinski definition) is 7. The monoisotopic (exact) mass is 513 g/mol. The molecule has 3 rings (SSSR count). The van der Waals surface area contributed by atoms with Crippen LogP contribution in [0.5, 0.6) is 11.5 Å². The molecule has 0 heterocycles. The molecule has 0 unspecified atom stereocenters. The third-order valence-corrected chi connectivity index (χ3v) is 7.58. The van der Waals surface area contributed by atoms with Crippen molar-refractivity contribution < 1.29 is 22.7 Å². The van der Waals surface area contributed by atoms with Gasteiger partial charge in [0.2, 0.25) is 0 Å². The van der Waals surface area contributed by atoms with Gasteiger partial charge in [0.1, 0.15) is 6.54 Å². The van der Waals surface area contributed by atoms with Crippen molar-refractivity contribution in [3.8, 4) is 11.5 Å². The molecule has 10 heteroatoms. The van der Waals surface area contributed by atoms with Crippen LogP contribution in [0, 0.1) is 6.92 Å². The van der Waals surface area contributed by atoms with Crippen molar-refractivity contribution in [2.24, 2.45) is 5.10 Å². The van der Waals surface area contributed by atoms with Crippen LogP contribution < -0.4 is 19.2 Å². The topological polar surface area (TPSA) is 97.3 Å². The summed E-state index contributed by atoms with van der Waals surface area (Å²) in [6.45, 7) is 1.42. The molecule has 0 atom stereocenters. The molecule has 0 saturated heterocycles. The number of hydrazone groups is 1. The predicted molar refractivity (Wildman–Crippen MR) is 139 cm³/mol. The summed E-state index contributed by atoms with van der Waals surface area (Å²) < 4.78 is 38.7. The van der Waals surface area contributed by atoms with E-state index in [2.05, 4.69) is 10.5 Å². The molecule has 35 heavy (non-hydrogen) atoms. The maximum absolute atomic E-state index is 13.6. The van der Waals surface area contributed by atoms with Crippen LogP contribution in [0.4, 0.5) is 5.69 Å². The number of methoxy groups -OCH3 is 2. The Bertz CT molecular complexity index is 1290. The minimum atomic E-state index is -4.12. The number of carbonyl (C=O) groups is 1. The van der Waals surface area contributed by atoms with Gasteiger partial charge in [0, 0.05) is 11.0 Å². The lowest BCUT2D eigenvalue weighted by molar-refractivity contribution is -0.119. The molecule has 1 amide bonds. The van der Waals surface area contributed by atoms with Crippen molar-refractivity contribution in [2.45, 2.75) is 16.7 Å². The van der Waals surface area contributed by atoms with Gasteiger partial charge in [0.25, 0.3) is 15.9 Å². The van der Waals surface area contributed by atoms with Gasteiger partial charge in [0.05, 0.1) is 31.0 Å². The third-order valence-electron chi connectivity index (χ3n) is 5.07. The Morgan fingerprint density at radius 3 is 2.26 bits per heavy atom. The van der Waals surface area contributed by atoms with Gasteiger partial charge in [-0.15, -0.1) is 11.8 Å². The van der Waals surface area contributed by atoms with Crippen molar-refractivity contribution in [2.75, 3.05) is 31.3 Å². The molecule has 0 aliphatic rings. The fourth-order valence-corrected chi connectivity index (χ4v) is 5.01. The van der Waals surface area contributed by atoms with Gasteiger partial charge in [0.15, 0.2) is 11.5 Å². The lowest BCUT2D eigenvalue weighted by Gasteiger charge is -2.24. The first kappa shape index (κ1) is 26.1. The van der Waals surface area contributed by atoms with E-state index in [-0.39, 0.29) is 10.6 Å². The minimum Gasteiger partial charge on any atom is -0.493 e. The van der Waals surface area contributed by atoms with Crippen molar-refractivity contribution >= 4 is 39.6 Å². The van der Waals surface area contributed by atoms with Crippen molar-refractivity contribution in [1.29, 1.82) is 0 Å². The van der Waals surface area contributed by atoms with E-state index in [1.807, 2.05) is 37.4 Å². The molecule has 0 aliphatic carbocycles. The third kappa shape index (κ3) is 6.55. The SMILES string of the molecule is COc1ccc(S(=O)(=O)N(CC(=O)N/N=C\c2ccc(SC)cc2)c2ccc(C)cc2)cc1OC. The first-order valence-corrected chi connectivity index (χ1v) is 13.2. The Kier molecular flexibility index (Phi) is 8.78.